The van der Waals surface area contributed by atoms with Gasteiger partial charge in [-0.15, -0.1) is 0 Å². The van der Waals surface area contributed by atoms with Gasteiger partial charge in [0.15, 0.2) is 5.43 Å². The largest absolute Gasteiger partial charge is 0.379 e. The van der Waals surface area contributed by atoms with Gasteiger partial charge in [0.25, 0.3) is 0 Å². The number of anilines is 1. The van der Waals surface area contributed by atoms with Crippen LogP contribution >= 0.6 is 0 Å². The van der Waals surface area contributed by atoms with Crippen LogP contribution in [0, 0.1) is 11.3 Å². The number of fused-ring (bicyclic) bond motifs is 4. The molecule has 0 atom stereocenters. The molecule has 2 aromatic heterocycles. The van der Waals surface area contributed by atoms with Crippen LogP contribution in [0.15, 0.2) is 41.7 Å². The van der Waals surface area contributed by atoms with Gasteiger partial charge < -0.3 is 19.2 Å². The average Bonchev–Trinajstić information content (AvgIpc) is 3.31. The van der Waals surface area contributed by atoms with E-state index in [9.17, 15) is 10.1 Å². The summed E-state index contributed by atoms with van der Waals surface area (Å²) in [5.74, 6) is 0. The van der Waals surface area contributed by atoms with E-state index in [1.807, 2.05) is 24.3 Å². The number of hydrogen-bond acceptors (Lipinski definition) is 5. The topological polar surface area (TPSA) is 77.3 Å². The molecule has 1 N–H and O–H groups in total. The molecule has 0 aliphatic carbocycles. The Morgan fingerprint density at radius 1 is 1.11 bits per heavy atom. The number of nitrogens with zero attached hydrogens (tertiary/aromatic N) is 4. The zero-order chi connectivity index (χ0) is 25.7. The molecule has 2 saturated heterocycles. The Hall–Kier alpha value is -3.60. The molecule has 0 spiro atoms. The summed E-state index contributed by atoms with van der Waals surface area (Å²) in [7, 11) is 0. The summed E-state index contributed by atoms with van der Waals surface area (Å²) in [5.41, 5.74) is 5.26. The Balaban J connectivity index is 1.48. The van der Waals surface area contributed by atoms with Crippen molar-refractivity contribution < 1.29 is 4.74 Å². The molecule has 2 aliphatic rings. The third-order valence-electron chi connectivity index (χ3n) is 8.13. The number of benzene rings is 2. The number of morpholine rings is 1. The third-order valence-corrected chi connectivity index (χ3v) is 8.13. The lowest BCUT2D eigenvalue weighted by molar-refractivity contribution is 0.0115. The van der Waals surface area contributed by atoms with Crippen LogP contribution in [0.4, 0.5) is 5.69 Å². The summed E-state index contributed by atoms with van der Waals surface area (Å²) in [6, 6.07) is 12.6. The fourth-order valence-corrected chi connectivity index (χ4v) is 6.28. The number of rotatable bonds is 4. The molecule has 6 rings (SSSR count). The van der Waals surface area contributed by atoms with Gasteiger partial charge in [0, 0.05) is 60.2 Å². The standard InChI is InChI=1S/C30H33N5O2/c1-4-21-16-24-27(17-26(21)34-9-7-22(8-10-34)33-11-13-37-14-12-33)35(19(2)3)30-28(29(24)36)23-6-5-20(18-31)15-25(23)32-30/h4-6,15-17,19,22,32H,1,7-14H2,2-3H3. The van der Waals surface area contributed by atoms with E-state index in [-0.39, 0.29) is 11.5 Å². The molecular weight excluding hydrogens is 462 g/mol. The van der Waals surface area contributed by atoms with E-state index in [1.54, 1.807) is 6.07 Å². The number of nitrogens with one attached hydrogen (secondary N) is 1. The minimum absolute atomic E-state index is 0.0125. The van der Waals surface area contributed by atoms with Crippen molar-refractivity contribution in [3.63, 3.8) is 0 Å². The molecule has 7 nitrogen and oxygen atoms in total. The van der Waals surface area contributed by atoms with Crippen molar-refractivity contribution in [2.75, 3.05) is 44.3 Å². The highest BCUT2D eigenvalue weighted by Crippen LogP contribution is 2.34. The molecule has 0 saturated carbocycles. The maximum absolute atomic E-state index is 13.9. The van der Waals surface area contributed by atoms with Crippen LogP contribution in [0.5, 0.6) is 0 Å². The zero-order valence-electron chi connectivity index (χ0n) is 21.6. The summed E-state index contributed by atoms with van der Waals surface area (Å²) >= 11 is 0. The first-order valence-electron chi connectivity index (χ1n) is 13.3. The lowest BCUT2D eigenvalue weighted by atomic mass is 9.99. The molecule has 7 heteroatoms. The van der Waals surface area contributed by atoms with Gasteiger partial charge in [0.1, 0.15) is 5.65 Å². The number of pyridine rings is 1. The molecule has 0 bridgehead atoms. The fraction of sp³-hybridized carbons (Fsp3) is 0.400. The Kier molecular flexibility index (Phi) is 6.02. The molecule has 190 valence electrons. The first kappa shape index (κ1) is 23.8. The van der Waals surface area contributed by atoms with Gasteiger partial charge in [-0.1, -0.05) is 18.7 Å². The molecule has 4 heterocycles. The van der Waals surface area contributed by atoms with Gasteiger partial charge >= 0.3 is 0 Å². The predicted octanol–water partition coefficient (Wildman–Crippen LogP) is 5.03. The molecule has 2 aliphatic heterocycles. The maximum atomic E-state index is 13.9. The lowest BCUT2D eigenvalue weighted by Gasteiger charge is -2.41. The van der Waals surface area contributed by atoms with Crippen LogP contribution in [0.25, 0.3) is 38.9 Å². The van der Waals surface area contributed by atoms with E-state index in [1.165, 1.54) is 0 Å². The smallest absolute Gasteiger partial charge is 0.199 e. The zero-order valence-corrected chi connectivity index (χ0v) is 21.6. The van der Waals surface area contributed by atoms with E-state index in [0.29, 0.717) is 22.4 Å². The molecular formula is C30H33N5O2. The molecule has 37 heavy (non-hydrogen) atoms. The van der Waals surface area contributed by atoms with Crippen LogP contribution < -0.4 is 10.3 Å². The van der Waals surface area contributed by atoms with Gasteiger partial charge in [0.05, 0.1) is 35.7 Å². The Morgan fingerprint density at radius 3 is 2.54 bits per heavy atom. The first-order chi connectivity index (χ1) is 18.0. The highest BCUT2D eigenvalue weighted by atomic mass is 16.5. The van der Waals surface area contributed by atoms with Gasteiger partial charge in [0.2, 0.25) is 0 Å². The fourth-order valence-electron chi connectivity index (χ4n) is 6.28. The number of hydrogen-bond donors (Lipinski definition) is 1. The number of ether oxygens (including phenoxy) is 1. The van der Waals surface area contributed by atoms with E-state index in [0.717, 1.165) is 85.6 Å². The molecule has 2 aromatic carbocycles. The van der Waals surface area contributed by atoms with Crippen LogP contribution in [0.1, 0.15) is 43.9 Å². The minimum atomic E-state index is 0.0125. The first-order valence-corrected chi connectivity index (χ1v) is 13.3. The predicted molar refractivity (Wildman–Crippen MR) is 150 cm³/mol. The summed E-state index contributed by atoms with van der Waals surface area (Å²) < 4.78 is 7.78. The second kappa shape index (κ2) is 9.37. The Morgan fingerprint density at radius 2 is 1.86 bits per heavy atom. The van der Waals surface area contributed by atoms with Crippen molar-refractivity contribution in [1.82, 2.24) is 14.5 Å². The molecule has 0 amide bonds. The van der Waals surface area contributed by atoms with Gasteiger partial charge in [-0.05, 0) is 56.5 Å². The van der Waals surface area contributed by atoms with Crippen LogP contribution in [-0.4, -0.2) is 59.9 Å². The normalized spacial score (nSPS) is 17.7. The third kappa shape index (κ3) is 3.92. The van der Waals surface area contributed by atoms with E-state index in [2.05, 4.69) is 51.9 Å². The van der Waals surface area contributed by atoms with Crippen molar-refractivity contribution in [2.24, 2.45) is 0 Å². The second-order valence-corrected chi connectivity index (χ2v) is 10.5. The molecule has 4 aromatic rings. The summed E-state index contributed by atoms with van der Waals surface area (Å²) in [6.07, 6.45) is 4.11. The highest BCUT2D eigenvalue weighted by Gasteiger charge is 2.27. The van der Waals surface area contributed by atoms with Crippen LogP contribution in [0.2, 0.25) is 0 Å². The quantitative estimate of drug-likeness (QED) is 0.430. The second-order valence-electron chi connectivity index (χ2n) is 10.5. The molecule has 0 radical (unpaired) electrons. The van der Waals surface area contributed by atoms with Crippen molar-refractivity contribution in [2.45, 2.75) is 38.8 Å². The van der Waals surface area contributed by atoms with Crippen molar-refractivity contribution in [1.29, 1.82) is 5.26 Å². The summed E-state index contributed by atoms with van der Waals surface area (Å²) in [4.78, 5) is 22.4. The Labute approximate surface area is 216 Å². The van der Waals surface area contributed by atoms with E-state index >= 15 is 0 Å². The van der Waals surface area contributed by atoms with Crippen LogP contribution in [-0.2, 0) is 4.74 Å². The van der Waals surface area contributed by atoms with Crippen molar-refractivity contribution >= 4 is 44.6 Å². The van der Waals surface area contributed by atoms with E-state index < -0.39 is 0 Å². The van der Waals surface area contributed by atoms with Crippen molar-refractivity contribution in [3.8, 4) is 6.07 Å². The number of piperidine rings is 1. The number of H-pyrrole nitrogens is 1. The van der Waals surface area contributed by atoms with Crippen LogP contribution in [0.3, 0.4) is 0 Å². The molecule has 0 unspecified atom stereocenters. The van der Waals surface area contributed by atoms with Gasteiger partial charge in [-0.2, -0.15) is 5.26 Å². The Bertz CT molecular complexity index is 1610. The summed E-state index contributed by atoms with van der Waals surface area (Å²) in [5, 5.41) is 11.6. The van der Waals surface area contributed by atoms with E-state index in [4.69, 9.17) is 4.74 Å². The van der Waals surface area contributed by atoms with Gasteiger partial charge in [-0.25, -0.2) is 0 Å². The highest BCUT2D eigenvalue weighted by molar-refractivity contribution is 6.10. The lowest BCUT2D eigenvalue weighted by Crippen LogP contribution is -2.49. The maximum Gasteiger partial charge on any atom is 0.199 e. The number of aromatic amines is 1. The number of aromatic nitrogens is 2. The monoisotopic (exact) mass is 495 g/mol. The molecule has 2 fully saturated rings. The average molecular weight is 496 g/mol. The minimum Gasteiger partial charge on any atom is -0.379 e. The SMILES string of the molecule is C=Cc1cc2c(=O)c3c4ccc(C#N)cc4[nH]c3n(C(C)C)c2cc1N1CCC(N2CCOCC2)CC1. The van der Waals surface area contributed by atoms with Gasteiger partial charge in [-0.3, -0.25) is 9.69 Å². The summed E-state index contributed by atoms with van der Waals surface area (Å²) in [6.45, 7) is 14.0. The number of nitriles is 1. The van der Waals surface area contributed by atoms with Crippen molar-refractivity contribution in [3.05, 3.63) is 58.3 Å².